The predicted molar refractivity (Wildman–Crippen MR) is 118 cm³/mol. The summed E-state index contributed by atoms with van der Waals surface area (Å²) >= 11 is 7.40. The molecule has 1 aromatic heterocycles. The van der Waals surface area contributed by atoms with Crippen molar-refractivity contribution in [3.8, 4) is 0 Å². The second-order valence-corrected chi connectivity index (χ2v) is 9.80. The number of hydrogen-bond acceptors (Lipinski definition) is 6. The summed E-state index contributed by atoms with van der Waals surface area (Å²) in [6.07, 6.45) is 5.21. The van der Waals surface area contributed by atoms with Crippen molar-refractivity contribution in [3.63, 3.8) is 0 Å². The maximum atomic E-state index is 12.5. The third-order valence-electron chi connectivity index (χ3n) is 4.33. The number of nitrogens with one attached hydrogen (secondary N) is 2. The Morgan fingerprint density at radius 3 is 2.53 bits per heavy atom. The lowest BCUT2D eigenvalue weighted by atomic mass is 10.2. The van der Waals surface area contributed by atoms with Crippen LogP contribution in [0.3, 0.4) is 0 Å². The number of rotatable bonds is 7. The monoisotopic (exact) mass is 460 g/mol. The molecule has 1 saturated carbocycles. The van der Waals surface area contributed by atoms with Crippen molar-refractivity contribution in [1.29, 1.82) is 0 Å². The van der Waals surface area contributed by atoms with Crippen molar-refractivity contribution in [2.75, 3.05) is 10.0 Å². The molecule has 3 aromatic rings. The summed E-state index contributed by atoms with van der Waals surface area (Å²) in [4.78, 5) is 12.2. The van der Waals surface area contributed by atoms with Crippen LogP contribution in [0, 0.1) is 0 Å². The minimum Gasteiger partial charge on any atom is -0.297 e. The molecule has 0 spiro atoms. The van der Waals surface area contributed by atoms with E-state index in [-0.39, 0.29) is 10.8 Å². The molecule has 1 heterocycles. The molecule has 0 bridgehead atoms. The maximum absolute atomic E-state index is 12.5. The van der Waals surface area contributed by atoms with E-state index in [4.69, 9.17) is 11.6 Å². The van der Waals surface area contributed by atoms with Crippen molar-refractivity contribution in [3.05, 3.63) is 70.2 Å². The normalized spacial score (nSPS) is 14.0. The number of sulfonamides is 1. The molecular weight excluding hydrogens is 444 g/mol. The van der Waals surface area contributed by atoms with Crippen LogP contribution >= 0.6 is 22.9 Å². The van der Waals surface area contributed by atoms with Crippen LogP contribution in [-0.4, -0.2) is 24.5 Å². The molecule has 0 unspecified atom stereocenters. The molecule has 0 aliphatic heterocycles. The molecule has 1 amide bonds. The first-order valence-corrected chi connectivity index (χ1v) is 11.8. The Balaban J connectivity index is 1.38. The van der Waals surface area contributed by atoms with Gasteiger partial charge in [0, 0.05) is 12.0 Å². The van der Waals surface area contributed by atoms with E-state index in [1.54, 1.807) is 42.5 Å². The lowest BCUT2D eigenvalue weighted by Gasteiger charge is -2.09. The van der Waals surface area contributed by atoms with Crippen molar-refractivity contribution in [1.82, 2.24) is 10.2 Å². The number of carbonyl (C=O) groups excluding carboxylic acids is 1. The highest BCUT2D eigenvalue weighted by Crippen LogP contribution is 2.42. The average Bonchev–Trinajstić information content (AvgIpc) is 3.48. The highest BCUT2D eigenvalue weighted by molar-refractivity contribution is 7.92. The quantitative estimate of drug-likeness (QED) is 0.505. The van der Waals surface area contributed by atoms with Crippen LogP contribution in [0.25, 0.3) is 6.08 Å². The Labute approximate surface area is 182 Å². The minimum atomic E-state index is -3.78. The van der Waals surface area contributed by atoms with Gasteiger partial charge in [0.05, 0.1) is 15.6 Å². The summed E-state index contributed by atoms with van der Waals surface area (Å²) in [5, 5.41) is 12.5. The first-order valence-electron chi connectivity index (χ1n) is 9.10. The van der Waals surface area contributed by atoms with Gasteiger partial charge < -0.3 is 0 Å². The predicted octanol–water partition coefficient (Wildman–Crippen LogP) is 4.52. The lowest BCUT2D eigenvalue weighted by molar-refractivity contribution is -0.111. The Hall–Kier alpha value is -2.75. The van der Waals surface area contributed by atoms with E-state index in [9.17, 15) is 13.2 Å². The van der Waals surface area contributed by atoms with E-state index in [1.165, 1.54) is 29.5 Å². The molecule has 2 N–H and O–H groups in total. The zero-order valence-corrected chi connectivity index (χ0v) is 18.0. The molecule has 4 rings (SSSR count). The molecule has 0 radical (unpaired) electrons. The second-order valence-electron chi connectivity index (χ2n) is 6.70. The lowest BCUT2D eigenvalue weighted by Crippen LogP contribution is -2.13. The molecule has 30 heavy (non-hydrogen) atoms. The van der Waals surface area contributed by atoms with Crippen LogP contribution in [0.5, 0.6) is 0 Å². The third-order valence-corrected chi connectivity index (χ3v) is 7.05. The highest BCUT2D eigenvalue weighted by Gasteiger charge is 2.27. The van der Waals surface area contributed by atoms with Crippen LogP contribution in [-0.2, 0) is 14.8 Å². The maximum Gasteiger partial charge on any atom is 0.261 e. The number of benzene rings is 2. The van der Waals surface area contributed by atoms with E-state index < -0.39 is 10.0 Å². The summed E-state index contributed by atoms with van der Waals surface area (Å²) in [6, 6.07) is 12.7. The summed E-state index contributed by atoms with van der Waals surface area (Å²) in [7, 11) is -3.78. The largest absolute Gasteiger partial charge is 0.297 e. The fourth-order valence-electron chi connectivity index (χ4n) is 2.61. The van der Waals surface area contributed by atoms with Crippen molar-refractivity contribution >= 4 is 55.8 Å². The number of hydrogen-bond donors (Lipinski definition) is 2. The van der Waals surface area contributed by atoms with Gasteiger partial charge in [-0.1, -0.05) is 47.2 Å². The van der Waals surface area contributed by atoms with Crippen molar-refractivity contribution < 1.29 is 13.2 Å². The molecule has 7 nitrogen and oxygen atoms in total. The zero-order chi connectivity index (χ0) is 21.1. The fourth-order valence-corrected chi connectivity index (χ4v) is 4.84. The molecule has 2 aromatic carbocycles. The molecule has 10 heteroatoms. The van der Waals surface area contributed by atoms with Crippen LogP contribution in [0.15, 0.2) is 59.5 Å². The van der Waals surface area contributed by atoms with Gasteiger partial charge in [0.25, 0.3) is 10.0 Å². The summed E-state index contributed by atoms with van der Waals surface area (Å²) in [5.41, 5.74) is 0.985. The van der Waals surface area contributed by atoms with Gasteiger partial charge in [-0.3, -0.25) is 14.8 Å². The SMILES string of the molecule is O=C(/C=C/c1ccc(S(=O)(=O)Nc2ccccc2Cl)cc1)Nc1nnc(C2CC2)s1. The second kappa shape index (κ2) is 8.55. The number of halogens is 1. The number of amides is 1. The molecule has 0 atom stereocenters. The van der Waals surface area contributed by atoms with Crippen LogP contribution in [0.1, 0.15) is 29.3 Å². The number of anilines is 2. The van der Waals surface area contributed by atoms with E-state index in [0.29, 0.717) is 27.3 Å². The van der Waals surface area contributed by atoms with Crippen molar-refractivity contribution in [2.45, 2.75) is 23.7 Å². The summed E-state index contributed by atoms with van der Waals surface area (Å²) < 4.78 is 27.5. The van der Waals surface area contributed by atoms with Gasteiger partial charge >= 0.3 is 0 Å². The van der Waals surface area contributed by atoms with E-state index >= 15 is 0 Å². The number of carbonyl (C=O) groups is 1. The van der Waals surface area contributed by atoms with Gasteiger partial charge in [0.15, 0.2) is 0 Å². The average molecular weight is 461 g/mol. The van der Waals surface area contributed by atoms with Crippen LogP contribution in [0.2, 0.25) is 5.02 Å². The van der Waals surface area contributed by atoms with Gasteiger partial charge in [0.1, 0.15) is 5.01 Å². The summed E-state index contributed by atoms with van der Waals surface area (Å²) in [6.45, 7) is 0. The van der Waals surface area contributed by atoms with Gasteiger partial charge in [-0.2, -0.15) is 0 Å². The fraction of sp³-hybridized carbons (Fsp3) is 0.150. The zero-order valence-electron chi connectivity index (χ0n) is 15.6. The highest BCUT2D eigenvalue weighted by atomic mass is 35.5. The molecular formula is C20H17ClN4O3S2. The molecule has 1 aliphatic rings. The molecule has 154 valence electrons. The van der Waals surface area contributed by atoms with E-state index in [2.05, 4.69) is 20.2 Å². The van der Waals surface area contributed by atoms with Gasteiger partial charge in [0.2, 0.25) is 11.0 Å². The van der Waals surface area contributed by atoms with E-state index in [1.807, 2.05) is 0 Å². The minimum absolute atomic E-state index is 0.0884. The first-order chi connectivity index (χ1) is 14.4. The Kier molecular flexibility index (Phi) is 5.85. The molecule has 1 fully saturated rings. The Morgan fingerprint density at radius 1 is 1.10 bits per heavy atom. The topological polar surface area (TPSA) is 101 Å². The molecule has 0 saturated heterocycles. The summed E-state index contributed by atoms with van der Waals surface area (Å²) in [5.74, 6) is 0.163. The van der Waals surface area contributed by atoms with Crippen LogP contribution < -0.4 is 10.0 Å². The number of para-hydroxylation sites is 1. The Morgan fingerprint density at radius 2 is 1.83 bits per heavy atom. The van der Waals surface area contributed by atoms with Gasteiger partial charge in [-0.25, -0.2) is 8.42 Å². The van der Waals surface area contributed by atoms with Gasteiger partial charge in [-0.15, -0.1) is 10.2 Å². The Bertz CT molecular complexity index is 1200. The third kappa shape index (κ3) is 5.05. The smallest absolute Gasteiger partial charge is 0.261 e. The van der Waals surface area contributed by atoms with Crippen molar-refractivity contribution in [2.24, 2.45) is 0 Å². The van der Waals surface area contributed by atoms with Gasteiger partial charge in [-0.05, 0) is 48.7 Å². The number of nitrogens with zero attached hydrogens (tertiary/aromatic N) is 2. The van der Waals surface area contributed by atoms with E-state index in [0.717, 1.165) is 17.8 Å². The standard InChI is InChI=1S/C20H17ClN4O3S2/c21-16-3-1-2-4-17(16)25-30(27,28)15-10-5-13(6-11-15)7-12-18(26)22-20-24-23-19(29-20)14-8-9-14/h1-7,10-12,14,25H,8-9H2,(H,22,24,26)/b12-7+. The molecule has 1 aliphatic carbocycles. The first kappa shape index (κ1) is 20.5. The van der Waals surface area contributed by atoms with Crippen LogP contribution in [0.4, 0.5) is 10.8 Å². The number of aromatic nitrogens is 2.